The van der Waals surface area contributed by atoms with E-state index in [0.29, 0.717) is 28.9 Å². The van der Waals surface area contributed by atoms with Crippen molar-refractivity contribution >= 4 is 51.0 Å². The van der Waals surface area contributed by atoms with Gasteiger partial charge < -0.3 is 26.3 Å². The van der Waals surface area contributed by atoms with Crippen LogP contribution in [0.3, 0.4) is 0 Å². The molecule has 1 unspecified atom stereocenters. The molecule has 5 N–H and O–H groups in total. The van der Waals surface area contributed by atoms with Gasteiger partial charge in [-0.25, -0.2) is 9.37 Å². The summed E-state index contributed by atoms with van der Waals surface area (Å²) in [6.45, 7) is 5.62. The summed E-state index contributed by atoms with van der Waals surface area (Å²) in [5.74, 6) is -0.645. The van der Waals surface area contributed by atoms with Crippen LogP contribution in [0.25, 0.3) is 17.0 Å². The zero-order valence-electron chi connectivity index (χ0n) is 23.8. The second-order valence-corrected chi connectivity index (χ2v) is 10.5. The number of carbonyl (C=O) groups is 1. The number of esters is 1. The average molecular weight is 590 g/mol. The van der Waals surface area contributed by atoms with E-state index in [1.54, 1.807) is 24.0 Å². The van der Waals surface area contributed by atoms with E-state index in [4.69, 9.17) is 48.2 Å². The molecule has 0 saturated heterocycles. The van der Waals surface area contributed by atoms with Gasteiger partial charge in [0.1, 0.15) is 18.5 Å². The largest absolute Gasteiger partial charge is 0.485 e. The Morgan fingerprint density at radius 2 is 2.12 bits per heavy atom. The second kappa shape index (κ2) is 12.6. The van der Waals surface area contributed by atoms with Crippen molar-refractivity contribution in [2.24, 2.45) is 22.4 Å². The minimum absolute atomic E-state index is 0.0566. The Hall–Kier alpha value is -3.83. The van der Waals surface area contributed by atoms with E-state index in [1.807, 2.05) is 20.8 Å². The van der Waals surface area contributed by atoms with Gasteiger partial charge in [-0.3, -0.25) is 14.5 Å². The molecular weight excluding hydrogens is 558 g/mol. The van der Waals surface area contributed by atoms with Crippen molar-refractivity contribution in [3.05, 3.63) is 63.7 Å². The van der Waals surface area contributed by atoms with Crippen LogP contribution in [0, 0.1) is 11.7 Å². The molecule has 4 rings (SSSR count). The van der Waals surface area contributed by atoms with Crippen LogP contribution in [0.4, 0.5) is 10.2 Å². The molecule has 14 heteroatoms. The minimum atomic E-state index is -1.78. The number of hydrogen-bond donors (Lipinski definition) is 3. The number of rotatable bonds is 7. The minimum Gasteiger partial charge on any atom is -0.485 e. The molecule has 0 spiro atoms. The first kappa shape index (κ1) is 31.1. The molecule has 4 radical (unpaired) electrons. The summed E-state index contributed by atoms with van der Waals surface area (Å²) in [6.07, 6.45) is 3.00. The van der Waals surface area contributed by atoms with Crippen molar-refractivity contribution in [1.82, 2.24) is 14.8 Å². The smallest absolute Gasteiger partial charge is 0.324 e. The normalized spacial score (nSPS) is 17.0. The second-order valence-electron chi connectivity index (χ2n) is 10.1. The van der Waals surface area contributed by atoms with Crippen molar-refractivity contribution in [3.8, 4) is 17.0 Å². The maximum Gasteiger partial charge on any atom is 0.324 e. The van der Waals surface area contributed by atoms with Gasteiger partial charge in [0.05, 0.1) is 21.4 Å². The molecule has 0 saturated carbocycles. The number of pyridine rings is 1. The van der Waals surface area contributed by atoms with Crippen LogP contribution in [0.2, 0.25) is 5.15 Å². The number of aliphatic imine (C=N–C) groups is 1. The zero-order valence-corrected chi connectivity index (χ0v) is 24.6. The van der Waals surface area contributed by atoms with Crippen molar-refractivity contribution < 1.29 is 18.7 Å². The lowest BCUT2D eigenvalue weighted by molar-refractivity contribution is -0.145. The Kier molecular flexibility index (Phi) is 9.32. The lowest BCUT2D eigenvalue weighted by Gasteiger charge is -2.31. The molecule has 3 aromatic rings. The molecule has 2 bridgehead atoms. The number of aryl methyl sites for hydroxylation is 1. The SMILES string of the molecule is [B]C1([B])/C(C=NC)=C(/N)c2ccc(F)cc2COc2cc(cnc2NCOC(=O)C(N)C(C)C)-c2c1c(Cl)nn2CC. The van der Waals surface area contributed by atoms with Crippen molar-refractivity contribution in [1.29, 1.82) is 0 Å². The van der Waals surface area contributed by atoms with E-state index >= 15 is 0 Å². The van der Waals surface area contributed by atoms with Crippen LogP contribution in [0.1, 0.15) is 37.5 Å². The molecule has 0 fully saturated rings. The third-order valence-corrected chi connectivity index (χ3v) is 7.19. The van der Waals surface area contributed by atoms with Crippen LogP contribution in [-0.4, -0.2) is 62.5 Å². The van der Waals surface area contributed by atoms with E-state index < -0.39 is 23.0 Å². The van der Waals surface area contributed by atoms with E-state index in [-0.39, 0.29) is 52.8 Å². The summed E-state index contributed by atoms with van der Waals surface area (Å²) in [5.41, 5.74) is 15.1. The molecule has 0 aliphatic carbocycles. The van der Waals surface area contributed by atoms with Crippen molar-refractivity contribution in [2.45, 2.75) is 45.2 Å². The number of anilines is 1. The highest BCUT2D eigenvalue weighted by Crippen LogP contribution is 2.42. The number of fused-ring (bicyclic) bond motifs is 5. The summed E-state index contributed by atoms with van der Waals surface area (Å²) >= 11 is 6.67. The maximum atomic E-state index is 14.4. The fourth-order valence-corrected chi connectivity index (χ4v) is 4.93. The fourth-order valence-electron chi connectivity index (χ4n) is 4.59. The van der Waals surface area contributed by atoms with Gasteiger partial charge in [-0.2, -0.15) is 5.10 Å². The van der Waals surface area contributed by atoms with Gasteiger partial charge in [0, 0.05) is 54.0 Å². The first-order chi connectivity index (χ1) is 19.9. The molecule has 42 heavy (non-hydrogen) atoms. The van der Waals surface area contributed by atoms with E-state index in [0.717, 1.165) is 0 Å². The van der Waals surface area contributed by atoms with Gasteiger partial charge in [0.2, 0.25) is 0 Å². The predicted octanol–water partition coefficient (Wildman–Crippen LogP) is 3.11. The number of halogens is 2. The van der Waals surface area contributed by atoms with E-state index in [1.165, 1.54) is 24.4 Å². The van der Waals surface area contributed by atoms with Crippen LogP contribution in [-0.2, 0) is 27.9 Å². The molecule has 216 valence electrons. The topological polar surface area (TPSA) is 143 Å². The standard InChI is InChI=1S/C28H31B2ClFN7O3/c1-5-39-24-15-9-20(26(36-10-15)37-13-42-27(40)22(33)14(2)3)41-12-16-8-17(32)6-7-18(16)23(34)19(11-35-4)28(29,30)21(24)25(31)38-39/h6-11,14,22H,5,12-13,33-34H2,1-4H3,(H,36,37)/b23-19+,35-11?. The zero-order chi connectivity index (χ0) is 30.8. The molecule has 0 amide bonds. The Bertz CT molecular complexity index is 1560. The van der Waals surface area contributed by atoms with Crippen LogP contribution in [0.15, 0.2) is 41.0 Å². The van der Waals surface area contributed by atoms with Crippen molar-refractivity contribution in [3.63, 3.8) is 0 Å². The maximum absolute atomic E-state index is 14.4. The number of aromatic nitrogens is 3. The summed E-state index contributed by atoms with van der Waals surface area (Å²) in [5, 5.41) is 5.68. The number of hydrogen-bond acceptors (Lipinski definition) is 9. The highest BCUT2D eigenvalue weighted by molar-refractivity contribution is 6.47. The lowest BCUT2D eigenvalue weighted by Crippen LogP contribution is -2.37. The summed E-state index contributed by atoms with van der Waals surface area (Å²) in [4.78, 5) is 20.9. The predicted molar refractivity (Wildman–Crippen MR) is 163 cm³/mol. The molecule has 1 atom stereocenters. The van der Waals surface area contributed by atoms with Crippen LogP contribution in [0.5, 0.6) is 5.75 Å². The van der Waals surface area contributed by atoms with Gasteiger partial charge in [-0.15, -0.1) is 0 Å². The Morgan fingerprint density at radius 1 is 1.38 bits per heavy atom. The van der Waals surface area contributed by atoms with Gasteiger partial charge in [0.25, 0.3) is 0 Å². The number of nitrogens with two attached hydrogens (primary N) is 2. The third-order valence-electron chi connectivity index (χ3n) is 6.93. The molecule has 1 aliphatic rings. The Labute approximate surface area is 251 Å². The molecule has 1 aliphatic heterocycles. The van der Waals surface area contributed by atoms with Gasteiger partial charge >= 0.3 is 5.97 Å². The van der Waals surface area contributed by atoms with Crippen LogP contribution < -0.4 is 21.5 Å². The van der Waals surface area contributed by atoms with Gasteiger partial charge in [-0.1, -0.05) is 25.4 Å². The number of nitrogens with zero attached hydrogens (tertiary/aromatic N) is 4. The molecular formula is C28H31B2ClFN7O3. The quantitative estimate of drug-likeness (QED) is 0.165. The monoisotopic (exact) mass is 589 g/mol. The highest BCUT2D eigenvalue weighted by Gasteiger charge is 2.35. The van der Waals surface area contributed by atoms with Gasteiger partial charge in [0.15, 0.2) is 23.5 Å². The molecule has 3 heterocycles. The average Bonchev–Trinajstić information content (AvgIpc) is 3.30. The van der Waals surface area contributed by atoms with Crippen LogP contribution >= 0.6 is 11.6 Å². The Morgan fingerprint density at radius 3 is 2.79 bits per heavy atom. The fraction of sp³-hybridized carbons (Fsp3) is 0.357. The number of allylic oxidation sites excluding steroid dienone is 1. The molecule has 10 nitrogen and oxygen atoms in total. The summed E-state index contributed by atoms with van der Waals surface area (Å²) < 4.78 is 27.5. The van der Waals surface area contributed by atoms with E-state index in [2.05, 4.69) is 20.4 Å². The number of carbonyl (C=O) groups excluding carboxylic acids is 1. The van der Waals surface area contributed by atoms with Crippen molar-refractivity contribution in [2.75, 3.05) is 19.1 Å². The first-order valence-electron chi connectivity index (χ1n) is 13.3. The molecule has 2 aromatic heterocycles. The van der Waals surface area contributed by atoms with E-state index in [9.17, 15) is 9.18 Å². The number of benzene rings is 1. The number of nitrogens with one attached hydrogen (secondary N) is 1. The lowest BCUT2D eigenvalue weighted by atomic mass is 9.47. The Balaban J connectivity index is 1.91. The summed E-state index contributed by atoms with van der Waals surface area (Å²) in [6, 6.07) is 5.00. The summed E-state index contributed by atoms with van der Waals surface area (Å²) in [7, 11) is 15.2. The third kappa shape index (κ3) is 6.03. The van der Waals surface area contributed by atoms with Gasteiger partial charge in [-0.05, 0) is 47.9 Å². The molecule has 1 aromatic carbocycles. The highest BCUT2D eigenvalue weighted by atomic mass is 35.5. The first-order valence-corrected chi connectivity index (χ1v) is 13.6. The number of ether oxygens (including phenoxy) is 2.